The zero-order chi connectivity index (χ0) is 14.4. The summed E-state index contributed by atoms with van der Waals surface area (Å²) in [4.78, 5) is 11.8. The summed E-state index contributed by atoms with van der Waals surface area (Å²) in [7, 11) is 0. The van der Waals surface area contributed by atoms with Gasteiger partial charge in [-0.2, -0.15) is 0 Å². The van der Waals surface area contributed by atoms with Gasteiger partial charge in [0.05, 0.1) is 5.69 Å². The van der Waals surface area contributed by atoms with Crippen LogP contribution in [0.1, 0.15) is 11.5 Å². The molecular weight excluding hydrogens is 301 g/mol. The molecule has 1 unspecified atom stereocenters. The number of phenols is 1. The minimum Gasteiger partial charge on any atom is -0.507 e. The van der Waals surface area contributed by atoms with E-state index in [1.54, 1.807) is 6.07 Å². The molecule has 0 aromatic heterocycles. The predicted octanol–water partition coefficient (Wildman–Crippen LogP) is 3.93. The fourth-order valence-electron chi connectivity index (χ4n) is 2.75. The Kier molecular flexibility index (Phi) is 3.15. The second-order valence-electron chi connectivity index (χ2n) is 4.71. The van der Waals surface area contributed by atoms with Crippen molar-refractivity contribution in [2.45, 2.75) is 10.8 Å². The molecule has 1 aliphatic rings. The lowest BCUT2D eigenvalue weighted by Crippen LogP contribution is -2.28. The fraction of sp³-hybridized carbons (Fsp3) is 0.214. The SMILES string of the molecule is O=C(O)N1CC(C(Cl)Cl)c2c1cc(O)c1ccccc21. The first-order chi connectivity index (χ1) is 9.50. The summed E-state index contributed by atoms with van der Waals surface area (Å²) in [5.74, 6) is -0.262. The fourth-order valence-corrected chi connectivity index (χ4v) is 3.16. The Hall–Kier alpha value is -1.65. The van der Waals surface area contributed by atoms with Crippen LogP contribution >= 0.6 is 23.2 Å². The van der Waals surface area contributed by atoms with E-state index in [2.05, 4.69) is 0 Å². The topological polar surface area (TPSA) is 60.8 Å². The molecule has 0 aliphatic carbocycles. The summed E-state index contributed by atoms with van der Waals surface area (Å²) in [5, 5.41) is 20.8. The quantitative estimate of drug-likeness (QED) is 0.784. The number of anilines is 1. The molecule has 2 aromatic rings. The molecule has 1 amide bonds. The van der Waals surface area contributed by atoms with Crippen LogP contribution in [0, 0.1) is 0 Å². The molecule has 6 heteroatoms. The molecule has 4 nitrogen and oxygen atoms in total. The van der Waals surface area contributed by atoms with Crippen LogP contribution < -0.4 is 4.90 Å². The summed E-state index contributed by atoms with van der Waals surface area (Å²) >= 11 is 12.0. The first-order valence-electron chi connectivity index (χ1n) is 6.04. The normalized spacial score (nSPS) is 17.8. The maximum Gasteiger partial charge on any atom is 0.411 e. The average Bonchev–Trinajstić information content (AvgIpc) is 2.79. The van der Waals surface area contributed by atoms with E-state index in [9.17, 15) is 15.0 Å². The standard InChI is InChI=1S/C14H11Cl2NO3/c15-13(16)9-6-17(14(19)20)10-5-11(18)7-3-1-2-4-8(7)12(9)10/h1-5,9,13,18H,6H2,(H,19,20). The van der Waals surface area contributed by atoms with Crippen LogP contribution in [0.25, 0.3) is 10.8 Å². The third-order valence-corrected chi connectivity index (χ3v) is 4.23. The largest absolute Gasteiger partial charge is 0.507 e. The zero-order valence-corrected chi connectivity index (χ0v) is 11.8. The van der Waals surface area contributed by atoms with Crippen LogP contribution in [-0.4, -0.2) is 27.7 Å². The number of amides is 1. The number of hydrogen-bond donors (Lipinski definition) is 2. The van der Waals surface area contributed by atoms with Gasteiger partial charge in [0.1, 0.15) is 10.6 Å². The zero-order valence-electron chi connectivity index (χ0n) is 10.3. The van der Waals surface area contributed by atoms with Gasteiger partial charge in [0.2, 0.25) is 0 Å². The number of carbonyl (C=O) groups is 1. The van der Waals surface area contributed by atoms with E-state index in [1.165, 1.54) is 11.0 Å². The van der Waals surface area contributed by atoms with Gasteiger partial charge in [0.25, 0.3) is 0 Å². The average molecular weight is 312 g/mol. The second kappa shape index (κ2) is 4.72. The van der Waals surface area contributed by atoms with E-state index < -0.39 is 10.9 Å². The lowest BCUT2D eigenvalue weighted by atomic mass is 9.95. The molecule has 0 fully saturated rings. The molecule has 0 saturated carbocycles. The van der Waals surface area contributed by atoms with Gasteiger partial charge in [0.15, 0.2) is 0 Å². The third kappa shape index (κ3) is 1.87. The van der Waals surface area contributed by atoms with Crippen molar-refractivity contribution in [2.75, 3.05) is 11.4 Å². The number of carboxylic acid groups (broad SMARTS) is 1. The number of alkyl halides is 2. The van der Waals surface area contributed by atoms with Gasteiger partial charge in [0, 0.05) is 23.9 Å². The minimum atomic E-state index is -1.09. The van der Waals surface area contributed by atoms with E-state index in [-0.39, 0.29) is 18.2 Å². The van der Waals surface area contributed by atoms with Crippen molar-refractivity contribution in [3.63, 3.8) is 0 Å². The lowest BCUT2D eigenvalue weighted by Gasteiger charge is -2.14. The van der Waals surface area contributed by atoms with Gasteiger partial charge in [-0.15, -0.1) is 23.2 Å². The first-order valence-corrected chi connectivity index (χ1v) is 6.91. The number of halogens is 2. The monoisotopic (exact) mass is 311 g/mol. The van der Waals surface area contributed by atoms with Crippen molar-refractivity contribution < 1.29 is 15.0 Å². The summed E-state index contributed by atoms with van der Waals surface area (Å²) in [6.07, 6.45) is -1.09. The number of nitrogens with zero attached hydrogens (tertiary/aromatic N) is 1. The van der Waals surface area contributed by atoms with E-state index in [1.807, 2.05) is 18.2 Å². The van der Waals surface area contributed by atoms with Crippen LogP contribution in [-0.2, 0) is 0 Å². The van der Waals surface area contributed by atoms with Crippen LogP contribution in [0.3, 0.4) is 0 Å². The number of benzene rings is 2. The molecule has 0 saturated heterocycles. The molecule has 0 spiro atoms. The highest BCUT2D eigenvalue weighted by Gasteiger charge is 2.37. The summed E-state index contributed by atoms with van der Waals surface area (Å²) in [6, 6.07) is 8.72. The lowest BCUT2D eigenvalue weighted by molar-refractivity contribution is 0.202. The predicted molar refractivity (Wildman–Crippen MR) is 79.2 cm³/mol. The van der Waals surface area contributed by atoms with Gasteiger partial charge in [-0.3, -0.25) is 4.90 Å². The number of aromatic hydroxyl groups is 1. The van der Waals surface area contributed by atoms with Crippen molar-refractivity contribution >= 4 is 45.8 Å². The molecule has 2 aromatic carbocycles. The molecule has 104 valence electrons. The summed E-state index contributed by atoms with van der Waals surface area (Å²) in [6.45, 7) is 0.190. The minimum absolute atomic E-state index is 0.0481. The number of phenolic OH excluding ortho intramolecular Hbond substituents is 1. The van der Waals surface area contributed by atoms with Gasteiger partial charge in [-0.1, -0.05) is 24.3 Å². The molecule has 0 bridgehead atoms. The maximum absolute atomic E-state index is 11.3. The van der Waals surface area contributed by atoms with E-state index >= 15 is 0 Å². The van der Waals surface area contributed by atoms with Crippen molar-refractivity contribution in [2.24, 2.45) is 0 Å². The molecule has 0 radical (unpaired) electrons. The van der Waals surface area contributed by atoms with Crippen molar-refractivity contribution in [3.8, 4) is 5.75 Å². The van der Waals surface area contributed by atoms with E-state index in [0.717, 1.165) is 10.9 Å². The van der Waals surface area contributed by atoms with Crippen molar-refractivity contribution in [1.82, 2.24) is 0 Å². The molecule has 1 heterocycles. The molecule has 20 heavy (non-hydrogen) atoms. The van der Waals surface area contributed by atoms with Gasteiger partial charge in [-0.25, -0.2) is 4.79 Å². The molecule has 3 rings (SSSR count). The van der Waals surface area contributed by atoms with Crippen LogP contribution in [0.5, 0.6) is 5.75 Å². The second-order valence-corrected chi connectivity index (χ2v) is 5.87. The van der Waals surface area contributed by atoms with Crippen LogP contribution in [0.15, 0.2) is 30.3 Å². The Morgan fingerprint density at radius 3 is 2.55 bits per heavy atom. The smallest absolute Gasteiger partial charge is 0.411 e. The Morgan fingerprint density at radius 1 is 1.30 bits per heavy atom. The number of fused-ring (bicyclic) bond motifs is 3. The Labute approximate surface area is 125 Å². The third-order valence-electron chi connectivity index (χ3n) is 3.62. The Bertz CT molecular complexity index is 702. The van der Waals surface area contributed by atoms with Gasteiger partial charge >= 0.3 is 6.09 Å². The molecular formula is C14H11Cl2NO3. The molecule has 1 atom stereocenters. The number of rotatable bonds is 1. The highest BCUT2D eigenvalue weighted by Crippen LogP contribution is 2.47. The van der Waals surface area contributed by atoms with Crippen molar-refractivity contribution in [3.05, 3.63) is 35.9 Å². The van der Waals surface area contributed by atoms with Crippen molar-refractivity contribution in [1.29, 1.82) is 0 Å². The maximum atomic E-state index is 11.3. The highest BCUT2D eigenvalue weighted by atomic mass is 35.5. The first kappa shape index (κ1) is 13.3. The summed E-state index contributed by atoms with van der Waals surface area (Å²) in [5.41, 5.74) is 1.22. The van der Waals surface area contributed by atoms with Gasteiger partial charge in [-0.05, 0) is 10.9 Å². The molecule has 1 aliphatic heterocycles. The Morgan fingerprint density at radius 2 is 1.95 bits per heavy atom. The number of hydrogen-bond acceptors (Lipinski definition) is 2. The van der Waals surface area contributed by atoms with Gasteiger partial charge < -0.3 is 10.2 Å². The summed E-state index contributed by atoms with van der Waals surface area (Å²) < 4.78 is 0. The van der Waals surface area contributed by atoms with E-state index in [4.69, 9.17) is 23.2 Å². The highest BCUT2D eigenvalue weighted by molar-refractivity contribution is 6.45. The van der Waals surface area contributed by atoms with Crippen LogP contribution in [0.4, 0.5) is 10.5 Å². The molecule has 2 N–H and O–H groups in total. The van der Waals surface area contributed by atoms with Crippen LogP contribution in [0.2, 0.25) is 0 Å². The van der Waals surface area contributed by atoms with E-state index in [0.29, 0.717) is 11.1 Å². The Balaban J connectivity index is 2.34.